The first-order chi connectivity index (χ1) is 13.2. The predicted octanol–water partition coefficient (Wildman–Crippen LogP) is -0.359. The largest absolute Gasteiger partial charge is 0.381 e. The van der Waals surface area contributed by atoms with Crippen LogP contribution in [-0.4, -0.2) is 90.0 Å². The van der Waals surface area contributed by atoms with E-state index in [-0.39, 0.29) is 17.6 Å². The lowest BCUT2D eigenvalue weighted by molar-refractivity contribution is -0.139. The number of amides is 1. The number of carbonyl (C=O) groups excluding carboxylic acids is 1. The van der Waals surface area contributed by atoms with E-state index >= 15 is 0 Å². The van der Waals surface area contributed by atoms with E-state index < -0.39 is 0 Å². The first kappa shape index (κ1) is 18.8. The highest BCUT2D eigenvalue weighted by molar-refractivity contribution is 5.92. The average Bonchev–Trinajstić information content (AvgIpc) is 3.17. The summed E-state index contributed by atoms with van der Waals surface area (Å²) in [5.74, 6) is -0.141. The summed E-state index contributed by atoms with van der Waals surface area (Å²) in [5.41, 5.74) is 0.262. The van der Waals surface area contributed by atoms with Gasteiger partial charge in [0.15, 0.2) is 5.69 Å². The lowest BCUT2D eigenvalue weighted by Crippen LogP contribution is -2.51. The highest BCUT2D eigenvalue weighted by Gasteiger charge is 2.39. The SMILES string of the molecule is O=C(NC1CCOC2(CCOCC2)C1)c1cn(CCN2CCNCC2)nn1. The van der Waals surface area contributed by atoms with Gasteiger partial charge in [-0.1, -0.05) is 5.21 Å². The van der Waals surface area contributed by atoms with Crippen molar-refractivity contribution in [2.45, 2.75) is 43.9 Å². The second kappa shape index (κ2) is 8.64. The van der Waals surface area contributed by atoms with E-state index in [1.165, 1.54) is 0 Å². The quantitative estimate of drug-likeness (QED) is 0.723. The highest BCUT2D eigenvalue weighted by Crippen LogP contribution is 2.34. The fourth-order valence-electron chi connectivity index (χ4n) is 4.19. The minimum atomic E-state index is -0.141. The zero-order valence-corrected chi connectivity index (χ0v) is 15.9. The molecular weight excluding hydrogens is 348 g/mol. The molecule has 0 bridgehead atoms. The average molecular weight is 378 g/mol. The summed E-state index contributed by atoms with van der Waals surface area (Å²) in [4.78, 5) is 15.0. The Labute approximate surface area is 159 Å². The second-order valence-electron chi connectivity index (χ2n) is 7.77. The number of aromatic nitrogens is 3. The Hall–Kier alpha value is -1.55. The van der Waals surface area contributed by atoms with Crippen LogP contribution < -0.4 is 10.6 Å². The Morgan fingerprint density at radius 3 is 2.89 bits per heavy atom. The van der Waals surface area contributed by atoms with E-state index in [1.54, 1.807) is 10.9 Å². The van der Waals surface area contributed by atoms with Crippen molar-refractivity contribution >= 4 is 5.91 Å². The molecule has 9 heteroatoms. The molecule has 9 nitrogen and oxygen atoms in total. The number of nitrogens with zero attached hydrogens (tertiary/aromatic N) is 4. The van der Waals surface area contributed by atoms with Gasteiger partial charge in [0.2, 0.25) is 0 Å². The van der Waals surface area contributed by atoms with E-state index in [4.69, 9.17) is 9.47 Å². The predicted molar refractivity (Wildman–Crippen MR) is 98.6 cm³/mol. The maximum Gasteiger partial charge on any atom is 0.273 e. The van der Waals surface area contributed by atoms with Gasteiger partial charge >= 0.3 is 0 Å². The van der Waals surface area contributed by atoms with E-state index in [1.807, 2.05) is 0 Å². The Morgan fingerprint density at radius 1 is 1.26 bits per heavy atom. The molecule has 4 heterocycles. The molecule has 3 fully saturated rings. The van der Waals surface area contributed by atoms with Gasteiger partial charge in [0, 0.05) is 58.6 Å². The molecule has 1 unspecified atom stereocenters. The summed E-state index contributed by atoms with van der Waals surface area (Å²) in [6.07, 6.45) is 5.24. The van der Waals surface area contributed by atoms with Crippen molar-refractivity contribution in [1.29, 1.82) is 0 Å². The van der Waals surface area contributed by atoms with Gasteiger partial charge in [0.25, 0.3) is 5.91 Å². The summed E-state index contributed by atoms with van der Waals surface area (Å²) in [6, 6.07) is 0.121. The number of piperazine rings is 1. The molecule has 3 aliphatic heterocycles. The molecule has 1 aromatic heterocycles. The number of rotatable bonds is 5. The molecule has 150 valence electrons. The molecular formula is C18H30N6O3. The summed E-state index contributed by atoms with van der Waals surface area (Å²) in [6.45, 7) is 8.01. The molecule has 1 atom stereocenters. The van der Waals surface area contributed by atoms with Gasteiger partial charge in [-0.2, -0.15) is 0 Å². The molecule has 1 amide bonds. The second-order valence-corrected chi connectivity index (χ2v) is 7.77. The van der Waals surface area contributed by atoms with Gasteiger partial charge < -0.3 is 20.1 Å². The number of hydrogen-bond acceptors (Lipinski definition) is 7. The van der Waals surface area contributed by atoms with Gasteiger partial charge in [0.05, 0.1) is 18.3 Å². The van der Waals surface area contributed by atoms with E-state index in [0.29, 0.717) is 12.3 Å². The minimum Gasteiger partial charge on any atom is -0.381 e. The fraction of sp³-hybridized carbons (Fsp3) is 0.833. The normalized spacial score (nSPS) is 26.1. The molecule has 0 radical (unpaired) electrons. The van der Waals surface area contributed by atoms with E-state index in [2.05, 4.69) is 25.8 Å². The van der Waals surface area contributed by atoms with Crippen molar-refractivity contribution in [1.82, 2.24) is 30.5 Å². The van der Waals surface area contributed by atoms with Gasteiger partial charge in [-0.25, -0.2) is 0 Å². The van der Waals surface area contributed by atoms with E-state index in [9.17, 15) is 4.79 Å². The molecule has 3 aliphatic rings. The lowest BCUT2D eigenvalue weighted by atomic mass is 9.84. The van der Waals surface area contributed by atoms with Crippen LogP contribution in [0.3, 0.4) is 0 Å². The molecule has 1 spiro atoms. The van der Waals surface area contributed by atoms with Crippen LogP contribution in [0.25, 0.3) is 0 Å². The summed E-state index contributed by atoms with van der Waals surface area (Å²) in [7, 11) is 0. The van der Waals surface area contributed by atoms with Crippen molar-refractivity contribution in [3.8, 4) is 0 Å². The standard InChI is InChI=1S/C18H30N6O3/c25-17(20-15-1-10-27-18(13-15)2-11-26-12-3-18)16-14-24(22-21-16)9-8-23-6-4-19-5-7-23/h14-15,19H,1-13H2,(H,20,25). The third-order valence-corrected chi connectivity index (χ3v) is 5.86. The monoisotopic (exact) mass is 378 g/mol. The molecule has 4 rings (SSSR count). The Balaban J connectivity index is 1.27. The van der Waals surface area contributed by atoms with Crippen LogP contribution in [0.15, 0.2) is 6.20 Å². The van der Waals surface area contributed by atoms with E-state index in [0.717, 1.165) is 78.2 Å². The fourth-order valence-corrected chi connectivity index (χ4v) is 4.19. The van der Waals surface area contributed by atoms with Gasteiger partial charge in [-0.05, 0) is 25.7 Å². The molecule has 0 aromatic carbocycles. The topological polar surface area (TPSA) is 93.5 Å². The number of ether oxygens (including phenoxy) is 2. The smallest absolute Gasteiger partial charge is 0.273 e. The maximum absolute atomic E-state index is 12.6. The number of hydrogen-bond donors (Lipinski definition) is 2. The molecule has 0 saturated carbocycles. The van der Waals surface area contributed by atoms with Gasteiger partial charge in [0.1, 0.15) is 0 Å². The zero-order valence-electron chi connectivity index (χ0n) is 15.9. The molecule has 2 N–H and O–H groups in total. The third-order valence-electron chi connectivity index (χ3n) is 5.86. The lowest BCUT2D eigenvalue weighted by Gasteiger charge is -2.43. The maximum atomic E-state index is 12.6. The minimum absolute atomic E-state index is 0.121. The molecule has 3 saturated heterocycles. The van der Waals surface area contributed by atoms with Crippen LogP contribution in [0.1, 0.15) is 36.2 Å². The number of nitrogens with one attached hydrogen (secondary N) is 2. The van der Waals surface area contributed by atoms with Crippen molar-refractivity contribution in [2.24, 2.45) is 0 Å². The highest BCUT2D eigenvalue weighted by atomic mass is 16.5. The van der Waals surface area contributed by atoms with Gasteiger partial charge in [-0.15, -0.1) is 5.10 Å². The Morgan fingerprint density at radius 2 is 2.07 bits per heavy atom. The van der Waals surface area contributed by atoms with Crippen LogP contribution in [-0.2, 0) is 16.0 Å². The van der Waals surface area contributed by atoms with Crippen molar-refractivity contribution < 1.29 is 14.3 Å². The van der Waals surface area contributed by atoms with Crippen molar-refractivity contribution in [3.63, 3.8) is 0 Å². The van der Waals surface area contributed by atoms with Gasteiger partial charge in [-0.3, -0.25) is 14.4 Å². The van der Waals surface area contributed by atoms with Crippen LogP contribution in [0.2, 0.25) is 0 Å². The molecule has 1 aromatic rings. The zero-order chi connectivity index (χ0) is 18.5. The third kappa shape index (κ3) is 4.84. The van der Waals surface area contributed by atoms with Crippen LogP contribution in [0, 0.1) is 0 Å². The summed E-state index contributed by atoms with van der Waals surface area (Å²) < 4.78 is 13.3. The number of carbonyl (C=O) groups is 1. The first-order valence-electron chi connectivity index (χ1n) is 10.1. The van der Waals surface area contributed by atoms with Crippen LogP contribution in [0.5, 0.6) is 0 Å². The molecule has 0 aliphatic carbocycles. The summed E-state index contributed by atoms with van der Waals surface area (Å²) >= 11 is 0. The Kier molecular flexibility index (Phi) is 6.01. The first-order valence-corrected chi connectivity index (χ1v) is 10.1. The van der Waals surface area contributed by atoms with Crippen molar-refractivity contribution in [3.05, 3.63) is 11.9 Å². The molecule has 27 heavy (non-hydrogen) atoms. The van der Waals surface area contributed by atoms with Crippen LogP contribution in [0.4, 0.5) is 0 Å². The Bertz CT molecular complexity index is 619. The van der Waals surface area contributed by atoms with Crippen LogP contribution >= 0.6 is 0 Å². The van der Waals surface area contributed by atoms with Crippen molar-refractivity contribution in [2.75, 3.05) is 52.5 Å². The summed E-state index contributed by atoms with van der Waals surface area (Å²) in [5, 5.41) is 14.7.